The van der Waals surface area contributed by atoms with Gasteiger partial charge in [0, 0.05) is 24.6 Å². The molecular weight excluding hydrogens is 417 g/mol. The van der Waals surface area contributed by atoms with Gasteiger partial charge in [0.25, 0.3) is 11.7 Å². The number of fused-ring (bicyclic) bond motifs is 1. The molecule has 2 saturated heterocycles. The summed E-state index contributed by atoms with van der Waals surface area (Å²) < 4.78 is 25.3. The number of hydrogen-bond acceptors (Lipinski definition) is 7. The fourth-order valence-corrected chi connectivity index (χ4v) is 4.77. The molecule has 0 bridgehead atoms. The van der Waals surface area contributed by atoms with Crippen molar-refractivity contribution in [2.45, 2.75) is 57.1 Å². The number of benzene rings is 1. The Balaban J connectivity index is 1.87. The summed E-state index contributed by atoms with van der Waals surface area (Å²) >= 11 is 0. The molecule has 1 amide bonds. The second-order valence-electron chi connectivity index (χ2n) is 8.57. The number of halogens is 1. The molecule has 2 aliphatic heterocycles. The molecule has 2 fully saturated rings. The van der Waals surface area contributed by atoms with Crippen molar-refractivity contribution in [1.29, 1.82) is 0 Å². The molecule has 2 unspecified atom stereocenters. The van der Waals surface area contributed by atoms with Gasteiger partial charge in [0.2, 0.25) is 0 Å². The number of amides is 1. The van der Waals surface area contributed by atoms with Crippen molar-refractivity contribution in [2.75, 3.05) is 13.3 Å². The molecule has 0 aliphatic carbocycles. The Kier molecular flexibility index (Phi) is 5.91. The number of ether oxygens (including phenoxy) is 2. The lowest BCUT2D eigenvalue weighted by Crippen LogP contribution is -2.55. The molecule has 1 aromatic carbocycles. The first-order chi connectivity index (χ1) is 15.3. The summed E-state index contributed by atoms with van der Waals surface area (Å²) in [5.74, 6) is -3.35. The first-order valence-electron chi connectivity index (χ1n) is 10.8. The fraction of sp³-hybridized carbons (Fsp3) is 0.522. The molecule has 4 atom stereocenters. The van der Waals surface area contributed by atoms with Crippen LogP contribution in [0.3, 0.4) is 0 Å². The van der Waals surface area contributed by atoms with Crippen molar-refractivity contribution >= 4 is 22.6 Å². The number of nitrogens with zero attached hydrogens (tertiary/aromatic N) is 2. The van der Waals surface area contributed by atoms with E-state index in [1.165, 1.54) is 5.06 Å². The Morgan fingerprint density at radius 2 is 2.12 bits per heavy atom. The Morgan fingerprint density at radius 3 is 2.78 bits per heavy atom. The van der Waals surface area contributed by atoms with E-state index in [0.29, 0.717) is 5.69 Å². The zero-order valence-corrected chi connectivity index (χ0v) is 18.4. The van der Waals surface area contributed by atoms with E-state index in [0.717, 1.165) is 10.8 Å². The van der Waals surface area contributed by atoms with E-state index >= 15 is 0 Å². The van der Waals surface area contributed by atoms with Crippen LogP contribution in [0.1, 0.15) is 45.3 Å². The Morgan fingerprint density at radius 1 is 1.38 bits per heavy atom. The molecule has 0 spiro atoms. The summed E-state index contributed by atoms with van der Waals surface area (Å²) in [7, 11) is 0. The first-order valence-corrected chi connectivity index (χ1v) is 10.8. The number of nitrogens with two attached hydrogens (primary N) is 1. The average molecular weight is 445 g/mol. The van der Waals surface area contributed by atoms with Gasteiger partial charge in [-0.3, -0.25) is 19.4 Å². The maximum Gasteiger partial charge on any atom is 0.310 e. The summed E-state index contributed by atoms with van der Waals surface area (Å²) in [6.45, 7) is 4.44. The van der Waals surface area contributed by atoms with E-state index in [2.05, 4.69) is 4.98 Å². The molecule has 2 N–H and O–H groups in total. The summed E-state index contributed by atoms with van der Waals surface area (Å²) in [5, 5.41) is 3.30. The highest BCUT2D eigenvalue weighted by atomic mass is 19.1. The third kappa shape index (κ3) is 3.44. The van der Waals surface area contributed by atoms with Gasteiger partial charge < -0.3 is 15.2 Å². The molecule has 9 heteroatoms. The molecule has 0 saturated carbocycles. The standard InChI is InChI=1S/C23H28FN3O5/c1-4-30-23(13-24)18(11-19(28)31-23)27-17(12-22(32-27,14(2)3)21(25)29)20-16-8-6-5-7-15(16)9-10-26-20/h5-10,14,17-18H,4,11-13H2,1-3H3,(H2,25,29)/t17?,18-,22+,23?/m0/s1. The van der Waals surface area contributed by atoms with Gasteiger partial charge in [-0.15, -0.1) is 0 Å². The van der Waals surface area contributed by atoms with Gasteiger partial charge in [0.1, 0.15) is 6.04 Å². The van der Waals surface area contributed by atoms with Gasteiger partial charge in [-0.2, -0.15) is 5.06 Å². The van der Waals surface area contributed by atoms with Crippen molar-refractivity contribution in [3.05, 3.63) is 42.2 Å². The van der Waals surface area contributed by atoms with Crippen LogP contribution in [0.25, 0.3) is 10.8 Å². The predicted molar refractivity (Wildman–Crippen MR) is 114 cm³/mol. The van der Waals surface area contributed by atoms with Crippen LogP contribution in [0.4, 0.5) is 4.39 Å². The smallest absolute Gasteiger partial charge is 0.310 e. The van der Waals surface area contributed by atoms with Crippen LogP contribution >= 0.6 is 0 Å². The van der Waals surface area contributed by atoms with Crippen LogP contribution in [-0.2, 0) is 23.9 Å². The van der Waals surface area contributed by atoms with E-state index in [1.54, 1.807) is 13.1 Å². The lowest BCUT2D eigenvalue weighted by Gasteiger charge is -2.38. The maximum atomic E-state index is 14.3. The monoisotopic (exact) mass is 445 g/mol. The second-order valence-corrected chi connectivity index (χ2v) is 8.57. The van der Waals surface area contributed by atoms with Crippen LogP contribution < -0.4 is 5.73 Å². The number of esters is 1. The van der Waals surface area contributed by atoms with E-state index in [9.17, 15) is 14.0 Å². The highest BCUT2D eigenvalue weighted by molar-refractivity contribution is 5.86. The molecule has 4 rings (SSSR count). The minimum Gasteiger partial charge on any atom is -0.428 e. The number of cyclic esters (lactones) is 1. The Labute approximate surface area is 185 Å². The van der Waals surface area contributed by atoms with Crippen molar-refractivity contribution in [1.82, 2.24) is 10.0 Å². The molecule has 8 nitrogen and oxygen atoms in total. The van der Waals surface area contributed by atoms with Gasteiger partial charge in [-0.1, -0.05) is 38.1 Å². The molecule has 32 heavy (non-hydrogen) atoms. The van der Waals surface area contributed by atoms with E-state index in [4.69, 9.17) is 20.0 Å². The number of alkyl halides is 1. The van der Waals surface area contributed by atoms with Crippen LogP contribution in [0.2, 0.25) is 0 Å². The third-order valence-corrected chi connectivity index (χ3v) is 6.48. The van der Waals surface area contributed by atoms with Crippen molar-refractivity contribution in [2.24, 2.45) is 11.7 Å². The zero-order chi connectivity index (χ0) is 23.1. The number of carbonyl (C=O) groups excluding carboxylic acids is 2. The highest BCUT2D eigenvalue weighted by Crippen LogP contribution is 2.49. The quantitative estimate of drug-likeness (QED) is 0.654. The Hall–Kier alpha value is -2.62. The lowest BCUT2D eigenvalue weighted by atomic mass is 9.83. The summed E-state index contributed by atoms with van der Waals surface area (Å²) in [6, 6.07) is 8.08. The Bertz CT molecular complexity index is 1030. The summed E-state index contributed by atoms with van der Waals surface area (Å²) in [5.41, 5.74) is 5.11. The van der Waals surface area contributed by atoms with Crippen LogP contribution in [0.15, 0.2) is 36.5 Å². The summed E-state index contributed by atoms with van der Waals surface area (Å²) in [6.07, 6.45) is 1.72. The predicted octanol–water partition coefficient (Wildman–Crippen LogP) is 2.81. The minimum atomic E-state index is -1.83. The minimum absolute atomic E-state index is 0.129. The zero-order valence-electron chi connectivity index (χ0n) is 18.4. The number of pyridine rings is 1. The molecule has 1 aromatic heterocycles. The van der Waals surface area contributed by atoms with Crippen LogP contribution in [-0.4, -0.2) is 52.6 Å². The fourth-order valence-electron chi connectivity index (χ4n) is 4.77. The van der Waals surface area contributed by atoms with E-state index in [1.807, 2.05) is 44.2 Å². The van der Waals surface area contributed by atoms with Crippen molar-refractivity contribution < 1.29 is 28.3 Å². The largest absolute Gasteiger partial charge is 0.428 e. The number of carbonyl (C=O) groups is 2. The maximum absolute atomic E-state index is 14.3. The van der Waals surface area contributed by atoms with E-state index < -0.39 is 42.0 Å². The summed E-state index contributed by atoms with van der Waals surface area (Å²) in [4.78, 5) is 35.8. The normalized spacial score (nSPS) is 30.8. The van der Waals surface area contributed by atoms with Gasteiger partial charge in [0.05, 0.1) is 18.2 Å². The van der Waals surface area contributed by atoms with Crippen LogP contribution in [0.5, 0.6) is 0 Å². The molecule has 2 aliphatic rings. The topological polar surface area (TPSA) is 104 Å². The molecule has 2 aromatic rings. The molecule has 172 valence electrons. The average Bonchev–Trinajstić information content (AvgIpc) is 3.33. The molecular formula is C23H28FN3O5. The van der Waals surface area contributed by atoms with Gasteiger partial charge >= 0.3 is 5.97 Å². The number of primary amides is 1. The highest BCUT2D eigenvalue weighted by Gasteiger charge is 2.62. The third-order valence-electron chi connectivity index (χ3n) is 6.48. The number of aromatic nitrogens is 1. The van der Waals surface area contributed by atoms with Crippen molar-refractivity contribution in [3.8, 4) is 0 Å². The first kappa shape index (κ1) is 22.6. The van der Waals surface area contributed by atoms with Gasteiger partial charge in [-0.05, 0) is 24.3 Å². The van der Waals surface area contributed by atoms with Gasteiger partial charge in [-0.25, -0.2) is 4.39 Å². The SMILES string of the molecule is CCOC1(CF)OC(=O)C[C@@H]1N1O[C@@](C(N)=O)(C(C)C)CC1c1nccc2ccccc12. The molecule has 3 heterocycles. The van der Waals surface area contributed by atoms with E-state index in [-0.39, 0.29) is 25.4 Å². The number of rotatable bonds is 7. The lowest BCUT2D eigenvalue weighted by molar-refractivity contribution is -0.300. The number of hydrogen-bond donors (Lipinski definition) is 1. The van der Waals surface area contributed by atoms with Gasteiger partial charge in [0.15, 0.2) is 12.3 Å². The number of hydroxylamine groups is 2. The van der Waals surface area contributed by atoms with Crippen LogP contribution in [0, 0.1) is 5.92 Å². The molecule has 0 radical (unpaired) electrons. The second kappa shape index (κ2) is 8.38. The van der Waals surface area contributed by atoms with Crippen molar-refractivity contribution in [3.63, 3.8) is 0 Å².